The Morgan fingerprint density at radius 3 is 2.41 bits per heavy atom. The number of aromatic carboxylic acids is 1. The van der Waals surface area contributed by atoms with Crippen LogP contribution < -0.4 is 0 Å². The number of benzene rings is 1. The van der Waals surface area contributed by atoms with Crippen LogP contribution in [0.3, 0.4) is 0 Å². The van der Waals surface area contributed by atoms with Gasteiger partial charge in [-0.2, -0.15) is 0 Å². The fourth-order valence-electron chi connectivity index (χ4n) is 1.38. The molecule has 0 aliphatic carbocycles. The molecule has 1 rings (SSSR count). The molecule has 0 spiro atoms. The van der Waals surface area contributed by atoms with Crippen molar-refractivity contribution in [1.29, 1.82) is 0 Å². The average Bonchev–Trinajstić information content (AvgIpc) is 2.35. The number of aldehydes is 1. The molecule has 0 unspecified atom stereocenters. The predicted octanol–water partition coefficient (Wildman–Crippen LogP) is 0.476. The third-order valence-corrected chi connectivity index (χ3v) is 2.21. The zero-order valence-corrected chi connectivity index (χ0v) is 8.97. The van der Waals surface area contributed by atoms with Gasteiger partial charge in [0.25, 0.3) is 0 Å². The number of carbonyl (C=O) groups is 3. The summed E-state index contributed by atoms with van der Waals surface area (Å²) in [4.78, 5) is 32.9. The van der Waals surface area contributed by atoms with E-state index in [-0.39, 0.29) is 22.3 Å². The highest BCUT2D eigenvalue weighted by molar-refractivity contribution is 6.01. The molecule has 2 N–H and O–H groups in total. The second-order valence-electron chi connectivity index (χ2n) is 3.17. The van der Waals surface area contributed by atoms with E-state index < -0.39 is 18.5 Å². The number of ether oxygens (including phenoxy) is 1. The first-order valence-corrected chi connectivity index (χ1v) is 4.59. The fraction of sp³-hybridized carbons (Fsp3) is 0.182. The predicted molar refractivity (Wildman–Crippen MR) is 56.1 cm³/mol. The molecule has 0 atom stereocenters. The second kappa shape index (κ2) is 5.22. The van der Waals surface area contributed by atoms with Gasteiger partial charge in [0.1, 0.15) is 0 Å². The lowest BCUT2D eigenvalue weighted by Crippen LogP contribution is -2.11. The number of esters is 1. The van der Waals surface area contributed by atoms with Crippen molar-refractivity contribution >= 4 is 18.2 Å². The monoisotopic (exact) mass is 238 g/mol. The zero-order chi connectivity index (χ0) is 13.0. The molecule has 0 bridgehead atoms. The lowest BCUT2D eigenvalue weighted by atomic mass is 9.99. The Balaban J connectivity index is 3.49. The minimum Gasteiger partial charge on any atom is -0.478 e. The summed E-state index contributed by atoms with van der Waals surface area (Å²) < 4.78 is 4.46. The smallest absolute Gasteiger partial charge is 0.338 e. The van der Waals surface area contributed by atoms with Crippen LogP contribution in [0.15, 0.2) is 12.1 Å². The van der Waals surface area contributed by atoms with Crippen LogP contribution in [0.4, 0.5) is 0 Å². The van der Waals surface area contributed by atoms with Crippen LogP contribution in [0.25, 0.3) is 0 Å². The van der Waals surface area contributed by atoms with Crippen LogP contribution in [0.5, 0.6) is 0 Å². The molecule has 0 aromatic heterocycles. The number of carbonyl (C=O) groups excluding carboxylic acids is 2. The topological polar surface area (TPSA) is 101 Å². The number of carboxylic acid groups (broad SMARTS) is 1. The molecule has 1 aromatic carbocycles. The summed E-state index contributed by atoms with van der Waals surface area (Å²) >= 11 is 0. The van der Waals surface area contributed by atoms with Gasteiger partial charge in [0.2, 0.25) is 0 Å². The fourth-order valence-corrected chi connectivity index (χ4v) is 1.38. The molecule has 17 heavy (non-hydrogen) atoms. The summed E-state index contributed by atoms with van der Waals surface area (Å²) in [6, 6.07) is 2.17. The van der Waals surface area contributed by atoms with Gasteiger partial charge in [-0.25, -0.2) is 9.59 Å². The molecule has 0 amide bonds. The second-order valence-corrected chi connectivity index (χ2v) is 3.17. The summed E-state index contributed by atoms with van der Waals surface area (Å²) in [7, 11) is 1.14. The van der Waals surface area contributed by atoms with E-state index in [1.165, 1.54) is 0 Å². The average molecular weight is 238 g/mol. The normalized spacial score (nSPS) is 9.76. The first-order valence-electron chi connectivity index (χ1n) is 4.59. The summed E-state index contributed by atoms with van der Waals surface area (Å²) in [5.41, 5.74) is -0.339. The molecule has 0 aliphatic heterocycles. The molecule has 0 aliphatic rings. The highest BCUT2D eigenvalue weighted by Gasteiger charge is 2.18. The van der Waals surface area contributed by atoms with Crippen LogP contribution in [-0.2, 0) is 11.3 Å². The van der Waals surface area contributed by atoms with Crippen LogP contribution in [0.2, 0.25) is 0 Å². The van der Waals surface area contributed by atoms with Gasteiger partial charge >= 0.3 is 11.9 Å². The minimum absolute atomic E-state index is 0.0713. The van der Waals surface area contributed by atoms with Gasteiger partial charge in [-0.05, 0) is 17.7 Å². The summed E-state index contributed by atoms with van der Waals surface area (Å²) in [5, 5.41) is 17.9. The van der Waals surface area contributed by atoms with Gasteiger partial charge in [0, 0.05) is 5.56 Å². The minimum atomic E-state index is -1.33. The van der Waals surface area contributed by atoms with Crippen molar-refractivity contribution in [3.8, 4) is 0 Å². The van der Waals surface area contributed by atoms with Crippen molar-refractivity contribution in [2.45, 2.75) is 6.61 Å². The maximum absolute atomic E-state index is 11.4. The third-order valence-electron chi connectivity index (χ3n) is 2.21. The molecule has 1 aromatic rings. The van der Waals surface area contributed by atoms with Crippen molar-refractivity contribution in [3.63, 3.8) is 0 Å². The Morgan fingerprint density at radius 1 is 1.35 bits per heavy atom. The molecular formula is C11H10O6. The Hall–Kier alpha value is -2.21. The maximum Gasteiger partial charge on any atom is 0.338 e. The first kappa shape index (κ1) is 12.9. The first-order chi connectivity index (χ1) is 8.04. The van der Waals surface area contributed by atoms with Gasteiger partial charge in [0.15, 0.2) is 6.29 Å². The van der Waals surface area contributed by atoms with Crippen LogP contribution >= 0.6 is 0 Å². The molecule has 90 valence electrons. The number of hydrogen-bond donors (Lipinski definition) is 2. The van der Waals surface area contributed by atoms with Gasteiger partial charge in [-0.15, -0.1) is 0 Å². The van der Waals surface area contributed by atoms with Crippen molar-refractivity contribution in [3.05, 3.63) is 34.4 Å². The number of methoxy groups -OCH3 is 1. The number of hydrogen-bond acceptors (Lipinski definition) is 5. The van der Waals surface area contributed by atoms with Gasteiger partial charge in [-0.3, -0.25) is 4.79 Å². The number of carboxylic acids is 1. The quantitative estimate of drug-likeness (QED) is 0.584. The molecule has 0 saturated carbocycles. The number of aliphatic hydroxyl groups is 1. The van der Waals surface area contributed by atoms with E-state index in [2.05, 4.69) is 4.74 Å². The largest absolute Gasteiger partial charge is 0.478 e. The lowest BCUT2D eigenvalue weighted by Gasteiger charge is -2.08. The molecule has 0 saturated heterocycles. The van der Waals surface area contributed by atoms with Gasteiger partial charge in [0.05, 0.1) is 24.8 Å². The summed E-state index contributed by atoms with van der Waals surface area (Å²) in [6.45, 7) is -0.495. The van der Waals surface area contributed by atoms with E-state index in [9.17, 15) is 14.4 Å². The highest BCUT2D eigenvalue weighted by Crippen LogP contribution is 2.17. The Labute approximate surface area is 96.4 Å². The van der Waals surface area contributed by atoms with Crippen molar-refractivity contribution < 1.29 is 29.3 Å². The third kappa shape index (κ3) is 2.48. The maximum atomic E-state index is 11.4. The van der Waals surface area contributed by atoms with Gasteiger partial charge in [-0.1, -0.05) is 0 Å². The van der Waals surface area contributed by atoms with Crippen LogP contribution in [0.1, 0.15) is 36.6 Å². The molecular weight excluding hydrogens is 228 g/mol. The molecule has 0 heterocycles. The standard InChI is InChI=1S/C11H10O6/c1-17-11(16)9-3-8(10(14)15)6(4-12)2-7(9)5-13/h2-4,13H,5H2,1H3,(H,14,15). The van der Waals surface area contributed by atoms with Crippen molar-refractivity contribution in [2.24, 2.45) is 0 Å². The molecule has 0 fully saturated rings. The van der Waals surface area contributed by atoms with E-state index in [0.717, 1.165) is 19.2 Å². The van der Waals surface area contributed by atoms with Crippen molar-refractivity contribution in [1.82, 2.24) is 0 Å². The van der Waals surface area contributed by atoms with Crippen LogP contribution in [0, 0.1) is 0 Å². The lowest BCUT2D eigenvalue weighted by molar-refractivity contribution is 0.0597. The number of aliphatic hydroxyl groups excluding tert-OH is 1. The summed E-state index contributed by atoms with van der Waals surface area (Å²) in [6.07, 6.45) is 0.351. The van der Waals surface area contributed by atoms with Gasteiger partial charge < -0.3 is 14.9 Å². The van der Waals surface area contributed by atoms with E-state index in [1.54, 1.807) is 0 Å². The van der Waals surface area contributed by atoms with E-state index >= 15 is 0 Å². The van der Waals surface area contributed by atoms with Crippen molar-refractivity contribution in [2.75, 3.05) is 7.11 Å². The Morgan fingerprint density at radius 2 is 2.00 bits per heavy atom. The summed E-state index contributed by atoms with van der Waals surface area (Å²) in [5.74, 6) is -2.10. The Bertz CT molecular complexity index is 477. The van der Waals surface area contributed by atoms with E-state index in [4.69, 9.17) is 10.2 Å². The highest BCUT2D eigenvalue weighted by atomic mass is 16.5. The zero-order valence-electron chi connectivity index (χ0n) is 8.97. The molecule has 6 heteroatoms. The SMILES string of the molecule is COC(=O)c1cc(C(=O)O)c(C=O)cc1CO. The van der Waals surface area contributed by atoms with Crippen LogP contribution in [-0.4, -0.2) is 35.5 Å². The van der Waals surface area contributed by atoms with E-state index in [1.807, 2.05) is 0 Å². The molecule has 6 nitrogen and oxygen atoms in total. The Kier molecular flexibility index (Phi) is 3.95. The molecule has 0 radical (unpaired) electrons. The van der Waals surface area contributed by atoms with E-state index in [0.29, 0.717) is 6.29 Å². The number of rotatable bonds is 4.